The molecule has 0 atom stereocenters. The fraction of sp³-hybridized carbons (Fsp3) is 0.286. The number of amidine groups is 1. The minimum atomic E-state index is -0.106. The summed E-state index contributed by atoms with van der Waals surface area (Å²) in [6.45, 7) is 5.01. The molecule has 0 saturated carbocycles. The van der Waals surface area contributed by atoms with E-state index in [2.05, 4.69) is 20.9 Å². The number of amides is 1. The van der Waals surface area contributed by atoms with E-state index < -0.39 is 0 Å². The predicted molar refractivity (Wildman–Crippen MR) is 91.7 cm³/mol. The van der Waals surface area contributed by atoms with Crippen LogP contribution in [0.4, 0.5) is 0 Å². The van der Waals surface area contributed by atoms with Crippen LogP contribution in [0.5, 0.6) is 5.75 Å². The SMILES string of the molecule is CCN=C1S/C(=C\c2cc(Cl)cc(Br)c2O)C(=O)N1CC. The number of phenols is 1. The van der Waals surface area contributed by atoms with Crippen LogP contribution in [0.25, 0.3) is 6.08 Å². The zero-order valence-electron chi connectivity index (χ0n) is 11.6. The van der Waals surface area contributed by atoms with Crippen molar-refractivity contribution in [2.75, 3.05) is 13.1 Å². The van der Waals surface area contributed by atoms with Crippen molar-refractivity contribution in [3.05, 3.63) is 32.1 Å². The molecule has 4 nitrogen and oxygen atoms in total. The number of carbonyl (C=O) groups is 1. The van der Waals surface area contributed by atoms with Gasteiger partial charge in [0.15, 0.2) is 5.17 Å². The van der Waals surface area contributed by atoms with Crippen LogP contribution < -0.4 is 0 Å². The molecule has 1 aliphatic rings. The van der Waals surface area contributed by atoms with Gasteiger partial charge >= 0.3 is 0 Å². The number of hydrogen-bond acceptors (Lipinski definition) is 4. The summed E-state index contributed by atoms with van der Waals surface area (Å²) in [5.41, 5.74) is 0.499. The highest BCUT2D eigenvalue weighted by Crippen LogP contribution is 2.37. The number of aliphatic imine (C=N–C) groups is 1. The third kappa shape index (κ3) is 3.44. The van der Waals surface area contributed by atoms with Crippen molar-refractivity contribution in [3.8, 4) is 5.75 Å². The van der Waals surface area contributed by atoms with Gasteiger partial charge in [0.05, 0.1) is 9.38 Å². The van der Waals surface area contributed by atoms with E-state index in [-0.39, 0.29) is 11.7 Å². The number of thioether (sulfide) groups is 1. The average Bonchev–Trinajstić information content (AvgIpc) is 2.72. The Morgan fingerprint density at radius 3 is 2.81 bits per heavy atom. The van der Waals surface area contributed by atoms with Crippen LogP contribution >= 0.6 is 39.3 Å². The topological polar surface area (TPSA) is 52.9 Å². The molecule has 0 aliphatic carbocycles. The summed E-state index contributed by atoms with van der Waals surface area (Å²) >= 11 is 10.5. The lowest BCUT2D eigenvalue weighted by atomic mass is 10.2. The summed E-state index contributed by atoms with van der Waals surface area (Å²) in [6.07, 6.45) is 1.64. The molecule has 1 N–H and O–H groups in total. The molecular weight excluding hydrogens is 376 g/mol. The monoisotopic (exact) mass is 388 g/mol. The summed E-state index contributed by atoms with van der Waals surface area (Å²) in [6, 6.07) is 3.22. The van der Waals surface area contributed by atoms with E-state index in [0.29, 0.717) is 38.2 Å². The summed E-state index contributed by atoms with van der Waals surface area (Å²) in [7, 11) is 0. The number of carbonyl (C=O) groups excluding carboxylic acids is 1. The normalized spacial score (nSPS) is 19.0. The molecule has 21 heavy (non-hydrogen) atoms. The average molecular weight is 390 g/mol. The lowest BCUT2D eigenvalue weighted by Crippen LogP contribution is -2.28. The second-order valence-corrected chi connectivity index (χ2v) is 6.54. The van der Waals surface area contributed by atoms with Gasteiger partial charge in [-0.3, -0.25) is 14.7 Å². The Morgan fingerprint density at radius 2 is 2.19 bits per heavy atom. The van der Waals surface area contributed by atoms with Gasteiger partial charge in [0.1, 0.15) is 5.75 Å². The van der Waals surface area contributed by atoms with Gasteiger partial charge in [-0.05, 0) is 59.7 Å². The van der Waals surface area contributed by atoms with E-state index in [1.54, 1.807) is 23.1 Å². The molecule has 7 heteroatoms. The highest BCUT2D eigenvalue weighted by molar-refractivity contribution is 9.10. The Morgan fingerprint density at radius 1 is 1.48 bits per heavy atom. The van der Waals surface area contributed by atoms with Crippen molar-refractivity contribution in [1.29, 1.82) is 0 Å². The van der Waals surface area contributed by atoms with Gasteiger partial charge in [-0.25, -0.2) is 0 Å². The molecule has 1 amide bonds. The highest BCUT2D eigenvalue weighted by atomic mass is 79.9. The molecule has 0 radical (unpaired) electrons. The van der Waals surface area contributed by atoms with Crippen molar-refractivity contribution in [1.82, 2.24) is 4.90 Å². The van der Waals surface area contributed by atoms with Crippen molar-refractivity contribution in [3.63, 3.8) is 0 Å². The number of aromatic hydroxyl groups is 1. The van der Waals surface area contributed by atoms with E-state index in [1.165, 1.54) is 11.8 Å². The van der Waals surface area contributed by atoms with Crippen LogP contribution in [-0.4, -0.2) is 34.2 Å². The number of likely N-dealkylation sites (N-methyl/N-ethyl adjacent to an activating group) is 1. The Labute approximate surface area is 141 Å². The van der Waals surface area contributed by atoms with Gasteiger partial charge in [0, 0.05) is 23.7 Å². The number of halogens is 2. The Balaban J connectivity index is 2.43. The van der Waals surface area contributed by atoms with Gasteiger partial charge in [-0.15, -0.1) is 0 Å². The van der Waals surface area contributed by atoms with E-state index >= 15 is 0 Å². The zero-order valence-corrected chi connectivity index (χ0v) is 14.7. The van der Waals surface area contributed by atoms with E-state index in [1.807, 2.05) is 13.8 Å². The molecule has 1 aliphatic heterocycles. The van der Waals surface area contributed by atoms with Gasteiger partial charge < -0.3 is 5.11 Å². The van der Waals surface area contributed by atoms with E-state index in [4.69, 9.17) is 11.6 Å². The molecule has 1 fully saturated rings. The second-order valence-electron chi connectivity index (χ2n) is 4.24. The molecule has 112 valence electrons. The number of nitrogens with zero attached hydrogens (tertiary/aromatic N) is 2. The van der Waals surface area contributed by atoms with E-state index in [9.17, 15) is 9.90 Å². The molecular formula is C14H14BrClN2O2S. The van der Waals surface area contributed by atoms with Crippen LogP contribution in [-0.2, 0) is 4.79 Å². The molecule has 0 aromatic heterocycles. The highest BCUT2D eigenvalue weighted by Gasteiger charge is 2.32. The molecule has 2 rings (SSSR count). The number of rotatable bonds is 3. The van der Waals surface area contributed by atoms with Gasteiger partial charge in [-0.1, -0.05) is 11.6 Å². The van der Waals surface area contributed by atoms with Crippen molar-refractivity contribution >= 4 is 56.4 Å². The van der Waals surface area contributed by atoms with Crippen molar-refractivity contribution < 1.29 is 9.90 Å². The maximum Gasteiger partial charge on any atom is 0.266 e. The molecule has 1 heterocycles. The smallest absolute Gasteiger partial charge is 0.266 e. The maximum absolute atomic E-state index is 12.3. The Hall–Kier alpha value is -0.980. The Kier molecular flexibility index (Phi) is 5.35. The lowest BCUT2D eigenvalue weighted by molar-refractivity contribution is -0.122. The summed E-state index contributed by atoms with van der Waals surface area (Å²) in [5, 5.41) is 11.2. The van der Waals surface area contributed by atoms with Gasteiger partial charge in [0.2, 0.25) is 0 Å². The van der Waals surface area contributed by atoms with Gasteiger partial charge in [-0.2, -0.15) is 0 Å². The largest absolute Gasteiger partial charge is 0.506 e. The maximum atomic E-state index is 12.3. The Bertz CT molecular complexity index is 646. The first-order valence-corrected chi connectivity index (χ1v) is 8.40. The first kappa shape index (κ1) is 16.4. The minimum absolute atomic E-state index is 0.0595. The molecule has 0 unspecified atom stereocenters. The standard InChI is InChI=1S/C14H14BrClN2O2S/c1-3-17-14-18(4-2)13(20)11(21-14)6-8-5-9(16)7-10(15)12(8)19/h5-7,19H,3-4H2,1-2H3/b11-6-,17-14?. The van der Waals surface area contributed by atoms with E-state index in [0.717, 1.165) is 0 Å². The molecule has 1 aromatic rings. The first-order valence-electron chi connectivity index (χ1n) is 6.41. The fourth-order valence-corrected chi connectivity index (χ4v) is 3.81. The third-order valence-corrected chi connectivity index (χ3v) is 4.71. The van der Waals surface area contributed by atoms with Crippen LogP contribution in [0.15, 0.2) is 26.5 Å². The molecule has 0 spiro atoms. The summed E-state index contributed by atoms with van der Waals surface area (Å²) in [4.78, 5) is 18.8. The predicted octanol–water partition coefficient (Wildman–Crippen LogP) is 4.12. The number of phenolic OH excluding ortho intramolecular Hbond substituents is 1. The van der Waals surface area contributed by atoms with Crippen molar-refractivity contribution in [2.24, 2.45) is 4.99 Å². The van der Waals surface area contributed by atoms with Crippen LogP contribution in [0.2, 0.25) is 5.02 Å². The summed E-state index contributed by atoms with van der Waals surface area (Å²) < 4.78 is 0.493. The molecule has 1 aromatic carbocycles. The van der Waals surface area contributed by atoms with Crippen LogP contribution in [0.3, 0.4) is 0 Å². The molecule has 1 saturated heterocycles. The van der Waals surface area contributed by atoms with Crippen molar-refractivity contribution in [2.45, 2.75) is 13.8 Å². The number of benzene rings is 1. The number of hydrogen-bond donors (Lipinski definition) is 1. The zero-order chi connectivity index (χ0) is 15.6. The van der Waals surface area contributed by atoms with Crippen LogP contribution in [0.1, 0.15) is 19.4 Å². The first-order chi connectivity index (χ1) is 9.97. The fourth-order valence-electron chi connectivity index (χ4n) is 1.88. The minimum Gasteiger partial charge on any atom is -0.506 e. The van der Waals surface area contributed by atoms with Gasteiger partial charge in [0.25, 0.3) is 5.91 Å². The third-order valence-electron chi connectivity index (χ3n) is 2.84. The van der Waals surface area contributed by atoms with Crippen LogP contribution in [0, 0.1) is 0 Å². The lowest BCUT2D eigenvalue weighted by Gasteiger charge is -2.11. The quantitative estimate of drug-likeness (QED) is 0.791. The second kappa shape index (κ2) is 6.85. The molecule has 0 bridgehead atoms. The summed E-state index contributed by atoms with van der Waals surface area (Å²) in [5.74, 6) is -0.0468.